The van der Waals surface area contributed by atoms with Crippen molar-refractivity contribution in [1.29, 1.82) is 0 Å². The van der Waals surface area contributed by atoms with Crippen molar-refractivity contribution >= 4 is 11.3 Å². The first-order valence-electron chi connectivity index (χ1n) is 2.93. The van der Waals surface area contributed by atoms with Crippen molar-refractivity contribution in [2.24, 2.45) is 5.73 Å². The highest BCUT2D eigenvalue weighted by Crippen LogP contribution is 2.11. The maximum Gasteiger partial charge on any atom is 0.0797 e. The molecule has 0 fully saturated rings. The Morgan fingerprint density at radius 1 is 1.78 bits per heavy atom. The molecule has 1 rings (SSSR count). The lowest BCUT2D eigenvalue weighted by Crippen LogP contribution is -2.01. The Morgan fingerprint density at radius 2 is 2.56 bits per heavy atom. The van der Waals surface area contributed by atoms with Crippen LogP contribution in [0.1, 0.15) is 10.6 Å². The highest BCUT2D eigenvalue weighted by Gasteiger charge is 1.97. The van der Waals surface area contributed by atoms with E-state index in [1.165, 1.54) is 4.88 Å². The molecule has 0 bridgehead atoms. The molecule has 9 heavy (non-hydrogen) atoms. The van der Waals surface area contributed by atoms with Gasteiger partial charge < -0.3 is 5.73 Å². The first-order chi connectivity index (χ1) is 4.34. The Hall–Kier alpha value is -0.410. The van der Waals surface area contributed by atoms with Gasteiger partial charge in [0.05, 0.1) is 11.2 Å². The normalized spacial score (nSPS) is 10.0. The Kier molecular flexibility index (Phi) is 2.19. The fourth-order valence-electron chi connectivity index (χ4n) is 0.697. The third kappa shape index (κ3) is 1.50. The summed E-state index contributed by atoms with van der Waals surface area (Å²) < 4.78 is 0. The quantitative estimate of drug-likeness (QED) is 0.667. The van der Waals surface area contributed by atoms with E-state index in [1.807, 2.05) is 12.4 Å². The number of nitrogens with two attached hydrogens (primary N) is 1. The molecular formula is C6H10N2S. The zero-order valence-electron chi connectivity index (χ0n) is 5.42. The predicted octanol–water partition coefficient (Wildman–Crippen LogP) is 0.953. The topological polar surface area (TPSA) is 38.9 Å². The van der Waals surface area contributed by atoms with Crippen LogP contribution >= 0.6 is 11.3 Å². The van der Waals surface area contributed by atoms with Crippen LogP contribution in [-0.2, 0) is 6.42 Å². The van der Waals surface area contributed by atoms with E-state index in [4.69, 9.17) is 5.73 Å². The molecule has 0 amide bonds. The van der Waals surface area contributed by atoms with Crippen LogP contribution in [0.15, 0.2) is 5.51 Å². The summed E-state index contributed by atoms with van der Waals surface area (Å²) >= 11 is 1.68. The first kappa shape index (κ1) is 6.71. The van der Waals surface area contributed by atoms with Gasteiger partial charge in [0.1, 0.15) is 0 Å². The van der Waals surface area contributed by atoms with E-state index < -0.39 is 0 Å². The molecule has 0 unspecified atom stereocenters. The van der Waals surface area contributed by atoms with Gasteiger partial charge in [-0.2, -0.15) is 0 Å². The molecule has 50 valence electrons. The van der Waals surface area contributed by atoms with Crippen molar-refractivity contribution in [1.82, 2.24) is 4.98 Å². The summed E-state index contributed by atoms with van der Waals surface area (Å²) in [4.78, 5) is 5.42. The molecule has 0 aliphatic heterocycles. The van der Waals surface area contributed by atoms with E-state index in [2.05, 4.69) is 4.98 Å². The summed E-state index contributed by atoms with van der Waals surface area (Å²) in [5.74, 6) is 0. The van der Waals surface area contributed by atoms with Gasteiger partial charge in [-0.25, -0.2) is 4.98 Å². The number of rotatable bonds is 2. The van der Waals surface area contributed by atoms with Crippen LogP contribution in [0.3, 0.4) is 0 Å². The predicted molar refractivity (Wildman–Crippen MR) is 39.6 cm³/mol. The summed E-state index contributed by atoms with van der Waals surface area (Å²) in [7, 11) is 0. The van der Waals surface area contributed by atoms with Crippen LogP contribution in [0.2, 0.25) is 0 Å². The van der Waals surface area contributed by atoms with E-state index in [0.29, 0.717) is 0 Å². The molecule has 1 aromatic heterocycles. The number of aromatic nitrogens is 1. The highest BCUT2D eigenvalue weighted by molar-refractivity contribution is 7.09. The van der Waals surface area contributed by atoms with Crippen molar-refractivity contribution in [2.45, 2.75) is 13.3 Å². The molecule has 1 heterocycles. The zero-order chi connectivity index (χ0) is 6.69. The molecule has 0 spiro atoms. The van der Waals surface area contributed by atoms with E-state index in [9.17, 15) is 0 Å². The van der Waals surface area contributed by atoms with Gasteiger partial charge in [0.15, 0.2) is 0 Å². The second-order valence-electron chi connectivity index (χ2n) is 1.90. The molecule has 2 N–H and O–H groups in total. The molecule has 2 nitrogen and oxygen atoms in total. The summed E-state index contributed by atoms with van der Waals surface area (Å²) in [6.07, 6.45) is 0.969. The highest BCUT2D eigenvalue weighted by atomic mass is 32.1. The van der Waals surface area contributed by atoms with Crippen molar-refractivity contribution in [3.63, 3.8) is 0 Å². The fourth-order valence-corrected chi connectivity index (χ4v) is 1.49. The lowest BCUT2D eigenvalue weighted by Gasteiger charge is -1.90. The molecule has 1 aromatic rings. The van der Waals surface area contributed by atoms with Gasteiger partial charge in [0.25, 0.3) is 0 Å². The second-order valence-corrected chi connectivity index (χ2v) is 2.84. The summed E-state index contributed by atoms with van der Waals surface area (Å²) in [5, 5.41) is 0. The van der Waals surface area contributed by atoms with Gasteiger partial charge in [-0.3, -0.25) is 0 Å². The van der Waals surface area contributed by atoms with Crippen molar-refractivity contribution in [3.05, 3.63) is 16.1 Å². The van der Waals surface area contributed by atoms with Crippen LogP contribution < -0.4 is 5.73 Å². The smallest absolute Gasteiger partial charge is 0.0797 e. The molecule has 0 saturated carbocycles. The van der Waals surface area contributed by atoms with Gasteiger partial charge in [-0.05, 0) is 19.9 Å². The standard InChI is InChI=1S/C6H10N2S/c1-5-6(2-3-7)9-4-8-5/h4H,2-3,7H2,1H3. The molecule has 0 aromatic carbocycles. The van der Waals surface area contributed by atoms with Crippen LogP contribution in [0.5, 0.6) is 0 Å². The van der Waals surface area contributed by atoms with Crippen LogP contribution in [0.4, 0.5) is 0 Å². The van der Waals surface area contributed by atoms with Gasteiger partial charge in [0.2, 0.25) is 0 Å². The van der Waals surface area contributed by atoms with Gasteiger partial charge >= 0.3 is 0 Å². The molecule has 3 heteroatoms. The van der Waals surface area contributed by atoms with Gasteiger partial charge in [-0.1, -0.05) is 0 Å². The first-order valence-corrected chi connectivity index (χ1v) is 3.81. The van der Waals surface area contributed by atoms with E-state index in [0.717, 1.165) is 18.7 Å². The van der Waals surface area contributed by atoms with Crippen LogP contribution in [-0.4, -0.2) is 11.5 Å². The molecule has 0 radical (unpaired) electrons. The van der Waals surface area contributed by atoms with Crippen LogP contribution in [0, 0.1) is 6.92 Å². The molecule has 0 atom stereocenters. The monoisotopic (exact) mass is 142 g/mol. The number of aryl methyl sites for hydroxylation is 1. The third-order valence-electron chi connectivity index (χ3n) is 1.22. The minimum atomic E-state index is 0.725. The van der Waals surface area contributed by atoms with Crippen molar-refractivity contribution in [2.75, 3.05) is 6.54 Å². The maximum atomic E-state index is 5.37. The van der Waals surface area contributed by atoms with Crippen molar-refractivity contribution in [3.8, 4) is 0 Å². The zero-order valence-corrected chi connectivity index (χ0v) is 6.24. The number of nitrogens with zero attached hydrogens (tertiary/aromatic N) is 1. The minimum Gasteiger partial charge on any atom is -0.330 e. The lowest BCUT2D eigenvalue weighted by atomic mass is 10.3. The van der Waals surface area contributed by atoms with Gasteiger partial charge in [-0.15, -0.1) is 11.3 Å². The van der Waals surface area contributed by atoms with E-state index in [-0.39, 0.29) is 0 Å². The Balaban J connectivity index is 2.69. The molecule has 0 aliphatic rings. The summed E-state index contributed by atoms with van der Waals surface area (Å²) in [6.45, 7) is 2.74. The third-order valence-corrected chi connectivity index (χ3v) is 2.21. The molecular weight excluding hydrogens is 132 g/mol. The average molecular weight is 142 g/mol. The lowest BCUT2D eigenvalue weighted by molar-refractivity contribution is 0.970. The average Bonchev–Trinajstić information content (AvgIpc) is 2.18. The number of hydrogen-bond acceptors (Lipinski definition) is 3. The summed E-state index contributed by atoms with van der Waals surface area (Å²) in [5.41, 5.74) is 8.36. The minimum absolute atomic E-state index is 0.725. The van der Waals surface area contributed by atoms with Gasteiger partial charge in [0, 0.05) is 4.88 Å². The fraction of sp³-hybridized carbons (Fsp3) is 0.500. The Bertz CT molecular complexity index is 183. The van der Waals surface area contributed by atoms with Crippen LogP contribution in [0.25, 0.3) is 0 Å². The summed E-state index contributed by atoms with van der Waals surface area (Å²) in [6, 6.07) is 0. The molecule has 0 saturated heterocycles. The van der Waals surface area contributed by atoms with E-state index >= 15 is 0 Å². The maximum absolute atomic E-state index is 5.37. The number of hydrogen-bond donors (Lipinski definition) is 1. The number of thiazole rings is 1. The SMILES string of the molecule is Cc1ncsc1CCN. The second kappa shape index (κ2) is 2.94. The Labute approximate surface area is 58.7 Å². The largest absolute Gasteiger partial charge is 0.330 e. The van der Waals surface area contributed by atoms with E-state index in [1.54, 1.807) is 11.3 Å². The van der Waals surface area contributed by atoms with Crippen molar-refractivity contribution < 1.29 is 0 Å². The molecule has 0 aliphatic carbocycles. The Morgan fingerprint density at radius 3 is 3.00 bits per heavy atom.